The van der Waals surface area contributed by atoms with Crippen molar-refractivity contribution < 1.29 is 4.79 Å². The molecule has 1 amide bonds. The topological polar surface area (TPSA) is 64.9 Å². The molecule has 0 spiro atoms. The lowest BCUT2D eigenvalue weighted by molar-refractivity contribution is -0.121. The molecule has 1 fully saturated rings. The molecule has 0 bridgehead atoms. The third-order valence-electron chi connectivity index (χ3n) is 2.26. The summed E-state index contributed by atoms with van der Waals surface area (Å²) in [5.74, 6) is 0.479. The van der Waals surface area contributed by atoms with Crippen LogP contribution < -0.4 is 10.6 Å². The van der Waals surface area contributed by atoms with Crippen LogP contribution in [0.25, 0.3) is 0 Å². The Labute approximate surface area is 91.0 Å². The summed E-state index contributed by atoms with van der Waals surface area (Å²) in [5, 5.41) is 14.8. The third kappa shape index (κ3) is 5.38. The fraction of sp³-hybridized carbons (Fsp3) is 0.818. The maximum absolute atomic E-state index is 11.4. The second-order valence-corrected chi connectivity index (χ2v) is 4.53. The summed E-state index contributed by atoms with van der Waals surface area (Å²) >= 11 is 0. The van der Waals surface area contributed by atoms with Crippen molar-refractivity contribution in [1.82, 2.24) is 10.6 Å². The van der Waals surface area contributed by atoms with Crippen LogP contribution in [0, 0.1) is 17.2 Å². The first-order chi connectivity index (χ1) is 7.11. The van der Waals surface area contributed by atoms with Gasteiger partial charge in [-0.05, 0) is 25.3 Å². The zero-order chi connectivity index (χ0) is 11.3. The monoisotopic (exact) mass is 209 g/mol. The highest BCUT2D eigenvalue weighted by Gasteiger charge is 2.24. The van der Waals surface area contributed by atoms with Crippen molar-refractivity contribution in [2.24, 2.45) is 5.92 Å². The smallest absolute Gasteiger partial charge is 0.222 e. The molecular formula is C11H19N3O. The molecule has 0 aliphatic heterocycles. The van der Waals surface area contributed by atoms with Crippen LogP contribution in [-0.2, 0) is 4.79 Å². The molecule has 0 aromatic heterocycles. The second kappa shape index (κ2) is 5.72. The van der Waals surface area contributed by atoms with Crippen LogP contribution in [0.15, 0.2) is 0 Å². The van der Waals surface area contributed by atoms with Crippen LogP contribution in [0.2, 0.25) is 0 Å². The van der Waals surface area contributed by atoms with E-state index in [2.05, 4.69) is 30.6 Å². The van der Waals surface area contributed by atoms with Gasteiger partial charge in [0.15, 0.2) is 0 Å². The Hall–Kier alpha value is -1.08. The molecule has 1 rings (SSSR count). The van der Waals surface area contributed by atoms with Gasteiger partial charge in [-0.15, -0.1) is 0 Å². The van der Waals surface area contributed by atoms with Crippen LogP contribution in [0.1, 0.15) is 33.1 Å². The van der Waals surface area contributed by atoms with E-state index in [0.29, 0.717) is 12.0 Å². The lowest BCUT2D eigenvalue weighted by Crippen LogP contribution is -2.37. The summed E-state index contributed by atoms with van der Waals surface area (Å²) in [6, 6.07) is 2.13. The molecule has 1 aliphatic carbocycles. The number of nitriles is 1. The molecule has 1 aliphatic rings. The number of hydrogen-bond donors (Lipinski definition) is 2. The summed E-state index contributed by atoms with van der Waals surface area (Å²) in [6.07, 6.45) is 2.44. The zero-order valence-electron chi connectivity index (χ0n) is 9.42. The molecule has 0 radical (unpaired) electrons. The highest BCUT2D eigenvalue weighted by atomic mass is 16.1. The van der Waals surface area contributed by atoms with Crippen LogP contribution >= 0.6 is 0 Å². The van der Waals surface area contributed by atoms with E-state index >= 15 is 0 Å². The van der Waals surface area contributed by atoms with Crippen molar-refractivity contribution in [1.29, 1.82) is 5.26 Å². The minimum atomic E-state index is -0.355. The minimum absolute atomic E-state index is 0.0136. The highest BCUT2D eigenvalue weighted by molar-refractivity contribution is 5.77. The predicted octanol–water partition coefficient (Wildman–Crippen LogP) is 0.793. The van der Waals surface area contributed by atoms with E-state index < -0.39 is 0 Å². The number of carbonyl (C=O) groups excluding carboxylic acids is 1. The van der Waals surface area contributed by atoms with Crippen molar-refractivity contribution in [2.75, 3.05) is 6.54 Å². The molecule has 0 aromatic carbocycles. The van der Waals surface area contributed by atoms with E-state index in [0.717, 1.165) is 19.4 Å². The fourth-order valence-corrected chi connectivity index (χ4v) is 1.24. The first kappa shape index (κ1) is 12.0. The van der Waals surface area contributed by atoms with Gasteiger partial charge >= 0.3 is 0 Å². The number of hydrogen-bond acceptors (Lipinski definition) is 3. The quantitative estimate of drug-likeness (QED) is 0.680. The van der Waals surface area contributed by atoms with Gasteiger partial charge < -0.3 is 10.6 Å². The van der Waals surface area contributed by atoms with Crippen molar-refractivity contribution in [3.8, 4) is 6.07 Å². The number of nitrogens with one attached hydrogen (secondary N) is 2. The van der Waals surface area contributed by atoms with Crippen molar-refractivity contribution in [3.63, 3.8) is 0 Å². The zero-order valence-corrected chi connectivity index (χ0v) is 9.42. The Morgan fingerprint density at radius 1 is 1.53 bits per heavy atom. The maximum atomic E-state index is 11.4. The molecule has 4 nitrogen and oxygen atoms in total. The van der Waals surface area contributed by atoms with Gasteiger partial charge in [-0.2, -0.15) is 5.26 Å². The third-order valence-corrected chi connectivity index (χ3v) is 2.26. The van der Waals surface area contributed by atoms with E-state index in [-0.39, 0.29) is 18.4 Å². The molecule has 84 valence electrons. The van der Waals surface area contributed by atoms with E-state index in [9.17, 15) is 4.79 Å². The molecule has 0 saturated heterocycles. The van der Waals surface area contributed by atoms with Crippen molar-refractivity contribution >= 4 is 5.91 Å². The van der Waals surface area contributed by atoms with Gasteiger partial charge in [0.2, 0.25) is 5.91 Å². The fourth-order valence-electron chi connectivity index (χ4n) is 1.24. The molecule has 1 unspecified atom stereocenters. The van der Waals surface area contributed by atoms with E-state index in [1.165, 1.54) is 0 Å². The molecule has 1 atom stereocenters. The Morgan fingerprint density at radius 3 is 2.67 bits per heavy atom. The number of rotatable bonds is 6. The van der Waals surface area contributed by atoms with E-state index in [4.69, 9.17) is 5.26 Å². The van der Waals surface area contributed by atoms with Gasteiger partial charge in [0.05, 0.1) is 12.5 Å². The second-order valence-electron chi connectivity index (χ2n) is 4.53. The summed E-state index contributed by atoms with van der Waals surface area (Å²) in [5.41, 5.74) is 0. The lowest BCUT2D eigenvalue weighted by atomic mass is 10.1. The molecule has 0 aromatic rings. The van der Waals surface area contributed by atoms with Crippen LogP contribution in [0.4, 0.5) is 0 Å². The SMILES string of the molecule is CC(C)CNC(C#N)CC(=O)NC1CC1. The summed E-state index contributed by atoms with van der Waals surface area (Å²) in [4.78, 5) is 11.4. The van der Waals surface area contributed by atoms with Gasteiger partial charge in [-0.1, -0.05) is 13.8 Å². The van der Waals surface area contributed by atoms with Gasteiger partial charge in [0.25, 0.3) is 0 Å². The van der Waals surface area contributed by atoms with Gasteiger partial charge in [-0.3, -0.25) is 4.79 Å². The Morgan fingerprint density at radius 2 is 2.20 bits per heavy atom. The first-order valence-corrected chi connectivity index (χ1v) is 5.54. The molecule has 0 heterocycles. The largest absolute Gasteiger partial charge is 0.353 e. The summed E-state index contributed by atoms with van der Waals surface area (Å²) in [6.45, 7) is 4.92. The lowest BCUT2D eigenvalue weighted by Gasteiger charge is -2.12. The Bertz CT molecular complexity index is 253. The predicted molar refractivity (Wildman–Crippen MR) is 58.0 cm³/mol. The average molecular weight is 209 g/mol. The van der Waals surface area contributed by atoms with E-state index in [1.54, 1.807) is 0 Å². The Balaban J connectivity index is 2.19. The molecule has 4 heteroatoms. The number of nitrogens with zero attached hydrogens (tertiary/aromatic N) is 1. The standard InChI is InChI=1S/C11H19N3O/c1-8(2)7-13-10(6-12)5-11(15)14-9-3-4-9/h8-10,13H,3-5,7H2,1-2H3,(H,14,15). The van der Waals surface area contributed by atoms with Crippen LogP contribution in [0.5, 0.6) is 0 Å². The summed E-state index contributed by atoms with van der Waals surface area (Å²) < 4.78 is 0. The summed E-state index contributed by atoms with van der Waals surface area (Å²) in [7, 11) is 0. The van der Waals surface area contributed by atoms with Gasteiger partial charge in [-0.25, -0.2) is 0 Å². The minimum Gasteiger partial charge on any atom is -0.353 e. The highest BCUT2D eigenvalue weighted by Crippen LogP contribution is 2.18. The normalized spacial score (nSPS) is 17.2. The number of carbonyl (C=O) groups is 1. The molecule has 15 heavy (non-hydrogen) atoms. The van der Waals surface area contributed by atoms with Gasteiger partial charge in [0.1, 0.15) is 6.04 Å². The van der Waals surface area contributed by atoms with Gasteiger partial charge in [0, 0.05) is 6.04 Å². The molecule has 2 N–H and O–H groups in total. The molecular weight excluding hydrogens is 190 g/mol. The van der Waals surface area contributed by atoms with Crippen LogP contribution in [-0.4, -0.2) is 24.5 Å². The van der Waals surface area contributed by atoms with E-state index in [1.807, 2.05) is 0 Å². The maximum Gasteiger partial charge on any atom is 0.222 e. The van der Waals surface area contributed by atoms with Crippen molar-refractivity contribution in [2.45, 2.75) is 45.2 Å². The Kier molecular flexibility index (Phi) is 4.57. The van der Waals surface area contributed by atoms with Crippen LogP contribution in [0.3, 0.4) is 0 Å². The first-order valence-electron chi connectivity index (χ1n) is 5.54. The molecule has 1 saturated carbocycles. The average Bonchev–Trinajstić information content (AvgIpc) is 2.95. The van der Waals surface area contributed by atoms with Crippen molar-refractivity contribution in [3.05, 3.63) is 0 Å². The number of amides is 1.